The number of anilines is 3. The van der Waals surface area contributed by atoms with E-state index in [2.05, 4.69) is 15.5 Å². The molecule has 0 atom stereocenters. The van der Waals surface area contributed by atoms with Crippen molar-refractivity contribution >= 4 is 29.0 Å². The van der Waals surface area contributed by atoms with Crippen LogP contribution in [0.1, 0.15) is 23.4 Å². The van der Waals surface area contributed by atoms with Crippen molar-refractivity contribution < 1.29 is 14.0 Å². The van der Waals surface area contributed by atoms with Crippen LogP contribution >= 0.6 is 0 Å². The van der Waals surface area contributed by atoms with Crippen molar-refractivity contribution in [1.29, 1.82) is 0 Å². The Morgan fingerprint density at radius 1 is 0.879 bits per heavy atom. The molecule has 8 nitrogen and oxygen atoms in total. The molecule has 0 radical (unpaired) electrons. The van der Waals surface area contributed by atoms with Gasteiger partial charge in [0.2, 0.25) is 0 Å². The molecule has 3 aromatic rings. The van der Waals surface area contributed by atoms with E-state index in [1.807, 2.05) is 23.1 Å². The molecule has 4 heterocycles. The molecule has 0 spiro atoms. The summed E-state index contributed by atoms with van der Waals surface area (Å²) < 4.78 is 5.93. The molecular formula is C25H27N5O3. The van der Waals surface area contributed by atoms with E-state index < -0.39 is 0 Å². The third kappa shape index (κ3) is 4.56. The zero-order valence-corrected chi connectivity index (χ0v) is 18.3. The van der Waals surface area contributed by atoms with Crippen molar-refractivity contribution in [2.24, 2.45) is 0 Å². The molecule has 3 aliphatic rings. The fourth-order valence-electron chi connectivity index (χ4n) is 4.52. The molecular weight excluding hydrogens is 418 g/mol. The van der Waals surface area contributed by atoms with Gasteiger partial charge in [0.05, 0.1) is 11.4 Å². The number of nitrogens with one attached hydrogen (secondary N) is 2. The highest BCUT2D eigenvalue weighted by molar-refractivity contribution is 6.01. The van der Waals surface area contributed by atoms with E-state index >= 15 is 0 Å². The van der Waals surface area contributed by atoms with E-state index in [1.165, 1.54) is 0 Å². The topological polar surface area (TPSA) is 104 Å². The molecule has 3 fully saturated rings. The van der Waals surface area contributed by atoms with Crippen molar-refractivity contribution in [3.8, 4) is 11.3 Å². The van der Waals surface area contributed by atoms with Gasteiger partial charge in [0.1, 0.15) is 5.76 Å². The second kappa shape index (κ2) is 8.99. The lowest BCUT2D eigenvalue weighted by molar-refractivity contribution is 0.0653. The van der Waals surface area contributed by atoms with Gasteiger partial charge in [0, 0.05) is 43.5 Å². The molecule has 170 valence electrons. The number of hydrogen-bond acceptors (Lipinski definition) is 5. The Hall–Kier alpha value is -3.78. The maximum Gasteiger partial charge on any atom is 0.323 e. The number of para-hydroxylation sites is 2. The van der Waals surface area contributed by atoms with Crippen molar-refractivity contribution in [3.05, 3.63) is 66.4 Å². The van der Waals surface area contributed by atoms with Crippen LogP contribution in [0.25, 0.3) is 11.3 Å². The second-order valence-electron chi connectivity index (χ2n) is 8.48. The number of fused-ring (bicyclic) bond motifs is 4. The lowest BCUT2D eigenvalue weighted by Crippen LogP contribution is -2.41. The van der Waals surface area contributed by atoms with E-state index in [0.717, 1.165) is 44.6 Å². The van der Waals surface area contributed by atoms with Crippen LogP contribution in [0.15, 0.2) is 65.1 Å². The quantitative estimate of drug-likeness (QED) is 0.525. The van der Waals surface area contributed by atoms with Crippen molar-refractivity contribution in [1.82, 2.24) is 9.80 Å². The van der Waals surface area contributed by atoms with Gasteiger partial charge in [-0.1, -0.05) is 12.1 Å². The van der Waals surface area contributed by atoms with Crippen LogP contribution in [-0.4, -0.2) is 54.0 Å². The lowest BCUT2D eigenvalue weighted by Gasteiger charge is -2.30. The Bertz CT molecular complexity index is 1150. The highest BCUT2D eigenvalue weighted by Gasteiger charge is 2.33. The van der Waals surface area contributed by atoms with Gasteiger partial charge in [-0.2, -0.15) is 0 Å². The fourth-order valence-corrected chi connectivity index (χ4v) is 4.52. The van der Waals surface area contributed by atoms with Crippen LogP contribution in [0, 0.1) is 0 Å². The lowest BCUT2D eigenvalue weighted by atomic mass is 10.1. The molecule has 0 aliphatic carbocycles. The van der Waals surface area contributed by atoms with Crippen molar-refractivity contribution in [2.45, 2.75) is 18.9 Å². The van der Waals surface area contributed by atoms with Gasteiger partial charge in [-0.25, -0.2) is 4.79 Å². The van der Waals surface area contributed by atoms with Crippen LogP contribution in [0.4, 0.5) is 21.9 Å². The third-order valence-electron chi connectivity index (χ3n) is 6.37. The SMILES string of the molecule is Nc1ccccc1NC(=O)Nc1ccc(-c2ccc(C(=O)N3CCN4CCC3CC4)o2)cc1. The minimum atomic E-state index is -0.380. The Labute approximate surface area is 192 Å². The van der Waals surface area contributed by atoms with E-state index in [0.29, 0.717) is 34.6 Å². The Morgan fingerprint density at radius 3 is 2.39 bits per heavy atom. The monoisotopic (exact) mass is 445 g/mol. The first-order chi connectivity index (χ1) is 16.1. The van der Waals surface area contributed by atoms with Crippen LogP contribution in [0.3, 0.4) is 0 Å². The van der Waals surface area contributed by atoms with Crippen molar-refractivity contribution in [3.63, 3.8) is 0 Å². The standard InChI is InChI=1S/C25H27N5O3/c26-20-3-1-2-4-21(20)28-25(32)27-18-7-5-17(6-8-18)22-9-10-23(33-22)24(31)30-16-15-29-13-11-19(30)12-14-29/h1-10,19H,11-16,26H2,(H2,27,28,32). The molecule has 3 saturated heterocycles. The summed E-state index contributed by atoms with van der Waals surface area (Å²) in [5.41, 5.74) is 8.37. The van der Waals surface area contributed by atoms with Gasteiger partial charge in [0.15, 0.2) is 5.76 Å². The fraction of sp³-hybridized carbons (Fsp3) is 0.280. The normalized spacial score (nSPS) is 19.7. The summed E-state index contributed by atoms with van der Waals surface area (Å²) in [5.74, 6) is 0.951. The Balaban J connectivity index is 1.23. The van der Waals surface area contributed by atoms with E-state index in [4.69, 9.17) is 10.2 Å². The molecule has 1 aromatic heterocycles. The minimum Gasteiger partial charge on any atom is -0.451 e. The maximum atomic E-state index is 13.1. The zero-order chi connectivity index (χ0) is 22.8. The number of nitrogens with zero attached hydrogens (tertiary/aromatic N) is 2. The second-order valence-corrected chi connectivity index (χ2v) is 8.48. The number of furan rings is 1. The predicted molar refractivity (Wildman–Crippen MR) is 128 cm³/mol. The third-order valence-corrected chi connectivity index (χ3v) is 6.37. The molecule has 2 bridgehead atoms. The summed E-state index contributed by atoms with van der Waals surface area (Å²) in [6.45, 7) is 3.80. The summed E-state index contributed by atoms with van der Waals surface area (Å²) in [7, 11) is 0. The number of benzene rings is 2. The average molecular weight is 446 g/mol. The summed E-state index contributed by atoms with van der Waals surface area (Å²) in [4.78, 5) is 29.7. The molecule has 8 heteroatoms. The summed E-state index contributed by atoms with van der Waals surface area (Å²) in [5, 5.41) is 5.51. The predicted octanol–water partition coefficient (Wildman–Crippen LogP) is 4.09. The number of piperidine rings is 1. The van der Waals surface area contributed by atoms with Gasteiger partial charge in [0.25, 0.3) is 5.91 Å². The van der Waals surface area contributed by atoms with E-state index in [-0.39, 0.29) is 11.9 Å². The van der Waals surface area contributed by atoms with Gasteiger partial charge < -0.3 is 30.6 Å². The number of carbonyl (C=O) groups excluding carboxylic acids is 2. The molecule has 6 rings (SSSR count). The minimum absolute atomic E-state index is 0.0369. The van der Waals surface area contributed by atoms with Gasteiger partial charge in [-0.15, -0.1) is 0 Å². The molecule has 0 saturated carbocycles. The van der Waals surface area contributed by atoms with Crippen LogP contribution in [-0.2, 0) is 0 Å². The first-order valence-electron chi connectivity index (χ1n) is 11.2. The van der Waals surface area contributed by atoms with E-state index in [1.54, 1.807) is 42.5 Å². The van der Waals surface area contributed by atoms with Gasteiger partial charge >= 0.3 is 6.03 Å². The first kappa shape index (κ1) is 21.1. The number of rotatable bonds is 4. The molecule has 33 heavy (non-hydrogen) atoms. The number of urea groups is 1. The summed E-state index contributed by atoms with van der Waals surface area (Å²) in [6, 6.07) is 17.8. The first-order valence-corrected chi connectivity index (χ1v) is 11.2. The average Bonchev–Trinajstić information content (AvgIpc) is 3.13. The number of hydrogen-bond donors (Lipinski definition) is 3. The molecule has 3 amide bonds. The number of carbonyl (C=O) groups is 2. The molecule has 2 aromatic carbocycles. The van der Waals surface area contributed by atoms with Crippen LogP contribution in [0.5, 0.6) is 0 Å². The maximum absolute atomic E-state index is 13.1. The largest absolute Gasteiger partial charge is 0.451 e. The van der Waals surface area contributed by atoms with Crippen LogP contribution < -0.4 is 16.4 Å². The number of nitrogen functional groups attached to an aromatic ring is 1. The smallest absolute Gasteiger partial charge is 0.323 e. The summed E-state index contributed by atoms with van der Waals surface area (Å²) >= 11 is 0. The molecule has 0 unspecified atom stereocenters. The van der Waals surface area contributed by atoms with Gasteiger partial charge in [-0.3, -0.25) is 4.79 Å². The Morgan fingerprint density at radius 2 is 1.64 bits per heavy atom. The highest BCUT2D eigenvalue weighted by Crippen LogP contribution is 2.27. The highest BCUT2D eigenvalue weighted by atomic mass is 16.4. The zero-order valence-electron chi connectivity index (χ0n) is 18.3. The van der Waals surface area contributed by atoms with E-state index in [9.17, 15) is 9.59 Å². The molecule has 3 aliphatic heterocycles. The number of nitrogens with two attached hydrogens (primary N) is 1. The van der Waals surface area contributed by atoms with Crippen molar-refractivity contribution in [2.75, 3.05) is 42.5 Å². The summed E-state index contributed by atoms with van der Waals surface area (Å²) in [6.07, 6.45) is 2.05. The van der Waals surface area contributed by atoms with Gasteiger partial charge in [-0.05, 0) is 61.4 Å². The molecule has 4 N–H and O–H groups in total. The Kier molecular flexibility index (Phi) is 5.75. The van der Waals surface area contributed by atoms with Crippen LogP contribution in [0.2, 0.25) is 0 Å². The number of amides is 3.